The van der Waals surface area contributed by atoms with E-state index in [0.29, 0.717) is 17.1 Å². The number of nitrogens with zero attached hydrogens (tertiary/aromatic N) is 1. The van der Waals surface area contributed by atoms with Crippen molar-refractivity contribution in [3.05, 3.63) is 96.1 Å². The van der Waals surface area contributed by atoms with Gasteiger partial charge in [0.05, 0.1) is 18.9 Å². The first-order valence-corrected chi connectivity index (χ1v) is 13.2. The number of imide groups is 1. The first-order chi connectivity index (χ1) is 18.0. The van der Waals surface area contributed by atoms with E-state index in [-0.39, 0.29) is 18.9 Å². The molecule has 0 bridgehead atoms. The van der Waals surface area contributed by atoms with Gasteiger partial charge in [0.15, 0.2) is 0 Å². The lowest BCUT2D eigenvalue weighted by Crippen LogP contribution is -2.57. The Bertz CT molecular complexity index is 1300. The highest BCUT2D eigenvalue weighted by atomic mass is 32.2. The Morgan fingerprint density at radius 1 is 0.973 bits per heavy atom. The highest BCUT2D eigenvalue weighted by Gasteiger charge is 2.68. The second-order valence-electron chi connectivity index (χ2n) is 9.30. The molecule has 0 radical (unpaired) electrons. The number of carbonyl (C=O) groups is 3. The second kappa shape index (κ2) is 10.4. The van der Waals surface area contributed by atoms with Gasteiger partial charge in [-0.2, -0.15) is 0 Å². The zero-order valence-electron chi connectivity index (χ0n) is 20.4. The summed E-state index contributed by atoms with van der Waals surface area (Å²) in [5.41, 5.74) is -0.209. The van der Waals surface area contributed by atoms with Gasteiger partial charge in [-0.15, -0.1) is 11.8 Å². The number of thioether (sulfide) groups is 1. The van der Waals surface area contributed by atoms with Crippen LogP contribution in [0.2, 0.25) is 0 Å². The summed E-state index contributed by atoms with van der Waals surface area (Å²) in [4.78, 5) is 42.9. The fourth-order valence-corrected chi connectivity index (χ4v) is 6.46. The summed E-state index contributed by atoms with van der Waals surface area (Å²) in [6, 6.07) is 25.5. The van der Waals surface area contributed by atoms with Crippen LogP contribution in [0.5, 0.6) is 5.75 Å². The summed E-state index contributed by atoms with van der Waals surface area (Å²) >= 11 is 1.55. The summed E-state index contributed by atoms with van der Waals surface area (Å²) in [5.74, 6) is -2.77. The molecule has 4 unspecified atom stereocenters. The molecule has 3 aromatic rings. The van der Waals surface area contributed by atoms with Gasteiger partial charge < -0.3 is 9.84 Å². The smallest absolute Gasteiger partial charge is 0.325 e. The summed E-state index contributed by atoms with van der Waals surface area (Å²) in [6.45, 7) is 0.212. The van der Waals surface area contributed by atoms with Gasteiger partial charge >= 0.3 is 5.97 Å². The minimum Gasteiger partial charge on any atom is -0.496 e. The molecule has 0 aromatic heterocycles. The highest BCUT2D eigenvalue weighted by molar-refractivity contribution is 7.99. The minimum absolute atomic E-state index is 0.0710. The summed E-state index contributed by atoms with van der Waals surface area (Å²) < 4.78 is 5.56. The largest absolute Gasteiger partial charge is 0.496 e. The van der Waals surface area contributed by atoms with E-state index in [1.807, 2.05) is 78.9 Å². The van der Waals surface area contributed by atoms with Crippen LogP contribution in [0.3, 0.4) is 0 Å². The third-order valence-corrected chi connectivity index (χ3v) is 8.25. The first-order valence-electron chi connectivity index (χ1n) is 12.2. The molecule has 3 aromatic carbocycles. The zero-order chi connectivity index (χ0) is 26.0. The predicted molar refractivity (Wildman–Crippen MR) is 140 cm³/mol. The number of aliphatic carboxylic acids is 1. The Hall–Kier alpha value is -3.62. The third kappa shape index (κ3) is 4.51. The van der Waals surface area contributed by atoms with Crippen molar-refractivity contribution in [2.45, 2.75) is 22.9 Å². The summed E-state index contributed by atoms with van der Waals surface area (Å²) in [7, 11) is 1.54. The maximum atomic E-state index is 13.8. The zero-order valence-corrected chi connectivity index (χ0v) is 21.2. The predicted octanol–water partition coefficient (Wildman–Crippen LogP) is 3.80. The topological polar surface area (TPSA) is 95.9 Å². The lowest BCUT2D eigenvalue weighted by molar-refractivity contribution is -0.151. The Kier molecular flexibility index (Phi) is 7.04. The fraction of sp³-hybridized carbons (Fsp3) is 0.276. The number of para-hydroxylation sites is 1. The molecule has 190 valence electrons. The number of rotatable bonds is 9. The molecule has 2 N–H and O–H groups in total. The molecule has 2 heterocycles. The van der Waals surface area contributed by atoms with E-state index in [2.05, 4.69) is 5.32 Å². The molecular formula is C29H28N2O5S. The maximum absolute atomic E-state index is 13.8. The molecule has 37 heavy (non-hydrogen) atoms. The molecule has 2 aliphatic heterocycles. The van der Waals surface area contributed by atoms with Crippen molar-refractivity contribution in [1.29, 1.82) is 0 Å². The number of carboxylic acids is 1. The molecule has 2 aliphatic rings. The minimum atomic E-state index is -1.65. The average Bonchev–Trinajstić information content (AvgIpc) is 3.39. The fourth-order valence-electron chi connectivity index (χ4n) is 5.60. The average molecular weight is 517 g/mol. The van der Waals surface area contributed by atoms with Crippen molar-refractivity contribution in [3.63, 3.8) is 0 Å². The van der Waals surface area contributed by atoms with Crippen molar-refractivity contribution in [2.75, 3.05) is 19.4 Å². The van der Waals surface area contributed by atoms with E-state index in [1.165, 1.54) is 12.0 Å². The molecule has 5 rings (SSSR count). The number of amides is 2. The molecule has 7 nitrogen and oxygen atoms in total. The van der Waals surface area contributed by atoms with E-state index in [9.17, 15) is 19.5 Å². The maximum Gasteiger partial charge on any atom is 0.325 e. The van der Waals surface area contributed by atoms with Crippen LogP contribution in [0.1, 0.15) is 17.2 Å². The lowest BCUT2D eigenvalue weighted by atomic mass is 9.76. The van der Waals surface area contributed by atoms with Gasteiger partial charge in [-0.25, -0.2) is 0 Å². The van der Waals surface area contributed by atoms with E-state index < -0.39 is 35.3 Å². The number of likely N-dealkylation sites (tertiary alicyclic amines) is 1. The lowest BCUT2D eigenvalue weighted by Gasteiger charge is -2.31. The van der Waals surface area contributed by atoms with Crippen molar-refractivity contribution in [1.82, 2.24) is 10.2 Å². The van der Waals surface area contributed by atoms with Gasteiger partial charge in [-0.05, 0) is 23.8 Å². The van der Waals surface area contributed by atoms with Crippen molar-refractivity contribution in [3.8, 4) is 5.75 Å². The third-order valence-electron chi connectivity index (χ3n) is 7.25. The van der Waals surface area contributed by atoms with Crippen LogP contribution in [-0.2, 0) is 20.8 Å². The van der Waals surface area contributed by atoms with Crippen molar-refractivity contribution >= 4 is 29.5 Å². The molecule has 2 fully saturated rings. The number of benzene rings is 3. The normalized spacial score (nSPS) is 24.8. The summed E-state index contributed by atoms with van der Waals surface area (Å²) in [6.07, 6.45) is 0.0710. The molecule has 0 aliphatic carbocycles. The molecular weight excluding hydrogens is 488 g/mol. The monoisotopic (exact) mass is 516 g/mol. The second-order valence-corrected chi connectivity index (χ2v) is 10.5. The number of carbonyl (C=O) groups excluding carboxylic acids is 2. The van der Waals surface area contributed by atoms with Gasteiger partial charge in [0.2, 0.25) is 11.8 Å². The standard InChI is InChI=1S/C29H28N2O5S/c1-36-22-15-9-8-14-21(22)25-23-24(29(30-25,28(34)35)18-19-10-4-2-5-11-19)27(33)31(26(23)32)16-17-37-20-12-6-3-7-13-20/h2-15,23-25,30H,16-18H2,1H3,(H,34,35). The Balaban J connectivity index is 1.52. The van der Waals surface area contributed by atoms with Crippen LogP contribution < -0.4 is 10.1 Å². The summed E-state index contributed by atoms with van der Waals surface area (Å²) in [5, 5.41) is 13.9. The number of carboxylic acid groups (broad SMARTS) is 1. The van der Waals surface area contributed by atoms with Crippen LogP contribution >= 0.6 is 11.8 Å². The number of fused-ring (bicyclic) bond motifs is 1. The molecule has 4 atom stereocenters. The van der Waals surface area contributed by atoms with Gasteiger partial charge in [0.1, 0.15) is 11.3 Å². The van der Waals surface area contributed by atoms with Crippen molar-refractivity contribution < 1.29 is 24.2 Å². The Morgan fingerprint density at radius 2 is 1.62 bits per heavy atom. The molecule has 0 saturated carbocycles. The van der Waals surface area contributed by atoms with Crippen LogP contribution in [0.15, 0.2) is 89.8 Å². The van der Waals surface area contributed by atoms with Crippen LogP contribution in [0.25, 0.3) is 0 Å². The number of methoxy groups -OCH3 is 1. The van der Waals surface area contributed by atoms with Crippen LogP contribution in [-0.4, -0.2) is 52.7 Å². The quantitative estimate of drug-likeness (QED) is 0.330. The first kappa shape index (κ1) is 25.0. The van der Waals surface area contributed by atoms with E-state index in [0.717, 1.165) is 10.5 Å². The van der Waals surface area contributed by atoms with E-state index >= 15 is 0 Å². The van der Waals surface area contributed by atoms with Crippen molar-refractivity contribution in [2.24, 2.45) is 11.8 Å². The number of ether oxygens (including phenoxy) is 1. The number of nitrogens with one attached hydrogen (secondary N) is 1. The van der Waals surface area contributed by atoms with Crippen LogP contribution in [0.4, 0.5) is 0 Å². The number of hydrogen-bond donors (Lipinski definition) is 2. The van der Waals surface area contributed by atoms with Gasteiger partial charge in [-0.3, -0.25) is 24.6 Å². The van der Waals surface area contributed by atoms with E-state index in [4.69, 9.17) is 4.74 Å². The molecule has 2 amide bonds. The Labute approximate surface area is 219 Å². The SMILES string of the molecule is COc1ccccc1C1NC(Cc2ccccc2)(C(=O)O)C2C(=O)N(CCSc3ccccc3)C(=O)C12. The number of hydrogen-bond acceptors (Lipinski definition) is 6. The van der Waals surface area contributed by atoms with Gasteiger partial charge in [-0.1, -0.05) is 66.7 Å². The molecule has 0 spiro atoms. The Morgan fingerprint density at radius 3 is 2.30 bits per heavy atom. The van der Waals surface area contributed by atoms with Gasteiger partial charge in [0.25, 0.3) is 0 Å². The highest BCUT2D eigenvalue weighted by Crippen LogP contribution is 2.51. The molecule has 8 heteroatoms. The van der Waals surface area contributed by atoms with Gasteiger partial charge in [0, 0.05) is 35.2 Å². The van der Waals surface area contributed by atoms with E-state index in [1.54, 1.807) is 17.8 Å². The van der Waals surface area contributed by atoms with Crippen LogP contribution in [0, 0.1) is 11.8 Å². The molecule has 2 saturated heterocycles.